The summed E-state index contributed by atoms with van der Waals surface area (Å²) in [6, 6.07) is 1.82. The van der Waals surface area contributed by atoms with E-state index < -0.39 is 10.2 Å². The lowest BCUT2D eigenvalue weighted by Crippen LogP contribution is -2.46. The van der Waals surface area contributed by atoms with Gasteiger partial charge in [0.25, 0.3) is 10.2 Å². The first-order valence-corrected chi connectivity index (χ1v) is 9.38. The van der Waals surface area contributed by atoms with E-state index in [1.165, 1.54) is 4.31 Å². The molecule has 2 N–H and O–H groups in total. The molecular formula is C14H22N4O4S. The summed E-state index contributed by atoms with van der Waals surface area (Å²) >= 11 is 0. The lowest BCUT2D eigenvalue weighted by Gasteiger charge is -2.33. The third-order valence-electron chi connectivity index (χ3n) is 4.67. The van der Waals surface area contributed by atoms with Crippen LogP contribution in [-0.2, 0) is 15.0 Å². The zero-order valence-electron chi connectivity index (χ0n) is 13.1. The third-order valence-corrected chi connectivity index (χ3v) is 5.76. The first kappa shape index (κ1) is 16.4. The molecule has 3 rings (SSSR count). The van der Waals surface area contributed by atoms with Gasteiger partial charge in [0.1, 0.15) is 0 Å². The molecule has 9 heteroatoms. The average molecular weight is 342 g/mol. The Morgan fingerprint density at radius 3 is 2.57 bits per heavy atom. The molecule has 0 bridgehead atoms. The summed E-state index contributed by atoms with van der Waals surface area (Å²) in [6.45, 7) is 3.17. The molecule has 0 aliphatic carbocycles. The van der Waals surface area contributed by atoms with E-state index in [-0.39, 0.29) is 17.9 Å². The molecule has 8 nitrogen and oxygen atoms in total. The first-order chi connectivity index (χ1) is 10.9. The van der Waals surface area contributed by atoms with Crippen LogP contribution in [0, 0.1) is 12.8 Å². The molecule has 1 aromatic rings. The smallest absolute Gasteiger partial charge is 0.276 e. The Balaban J connectivity index is 1.66. The Hall–Kier alpha value is -1.45. The molecule has 128 valence electrons. The zero-order valence-corrected chi connectivity index (χ0v) is 14.0. The summed E-state index contributed by atoms with van der Waals surface area (Å²) in [5.41, 5.74) is 0.806. The number of nitrogens with two attached hydrogens (primary N) is 1. The van der Waals surface area contributed by atoms with Crippen molar-refractivity contribution in [1.82, 2.24) is 14.4 Å². The van der Waals surface area contributed by atoms with Crippen molar-refractivity contribution in [2.75, 3.05) is 19.6 Å². The summed E-state index contributed by atoms with van der Waals surface area (Å²) in [6.07, 6.45) is 2.82. The number of carbonyl (C=O) groups excluding carboxylic acids is 1. The van der Waals surface area contributed by atoms with Gasteiger partial charge in [-0.1, -0.05) is 5.16 Å². The number of nitrogens with zero attached hydrogens (tertiary/aromatic N) is 3. The maximum Gasteiger partial charge on any atom is 0.276 e. The van der Waals surface area contributed by atoms with E-state index in [0.717, 1.165) is 24.3 Å². The monoisotopic (exact) mass is 342 g/mol. The summed E-state index contributed by atoms with van der Waals surface area (Å²) in [4.78, 5) is 14.7. The maximum absolute atomic E-state index is 12.8. The highest BCUT2D eigenvalue weighted by Crippen LogP contribution is 2.35. The Kier molecular flexibility index (Phi) is 4.43. The Bertz CT molecular complexity index is 679. The van der Waals surface area contributed by atoms with E-state index in [1.807, 2.05) is 17.9 Å². The van der Waals surface area contributed by atoms with Gasteiger partial charge in [0, 0.05) is 31.6 Å². The van der Waals surface area contributed by atoms with Crippen LogP contribution in [0.25, 0.3) is 0 Å². The molecule has 0 saturated carbocycles. The molecule has 1 atom stereocenters. The molecule has 2 saturated heterocycles. The second-order valence-corrected chi connectivity index (χ2v) is 7.82. The standard InChI is InChI=1S/C14H22N4O4S/c1-10-9-13(22-16-10)12-3-2-6-18(12)14(19)11-4-7-17(8-5-11)23(15,20)21/h9,11-12H,2-8H2,1H3,(H2,15,20,21). The molecule has 3 heterocycles. The second kappa shape index (κ2) is 6.21. The molecule has 1 aromatic heterocycles. The summed E-state index contributed by atoms with van der Waals surface area (Å²) in [5.74, 6) is 0.656. The van der Waals surface area contributed by atoms with Gasteiger partial charge in [-0.15, -0.1) is 0 Å². The predicted octanol–water partition coefficient (Wildman–Crippen LogP) is 0.562. The van der Waals surface area contributed by atoms with E-state index in [4.69, 9.17) is 9.66 Å². The van der Waals surface area contributed by atoms with Crippen LogP contribution in [0.1, 0.15) is 43.2 Å². The van der Waals surface area contributed by atoms with Crippen molar-refractivity contribution in [3.63, 3.8) is 0 Å². The average Bonchev–Trinajstić information content (AvgIpc) is 3.14. The lowest BCUT2D eigenvalue weighted by molar-refractivity contribution is -0.138. The number of hydrogen-bond acceptors (Lipinski definition) is 5. The van der Waals surface area contributed by atoms with Gasteiger partial charge in [0.05, 0.1) is 11.7 Å². The zero-order chi connectivity index (χ0) is 16.6. The molecular weight excluding hydrogens is 320 g/mol. The van der Waals surface area contributed by atoms with Crippen molar-refractivity contribution in [3.8, 4) is 0 Å². The molecule has 0 spiro atoms. The minimum atomic E-state index is -3.66. The Morgan fingerprint density at radius 2 is 2.00 bits per heavy atom. The highest BCUT2D eigenvalue weighted by Gasteiger charge is 2.38. The number of amides is 1. The molecule has 0 aromatic carbocycles. The van der Waals surface area contributed by atoms with Gasteiger partial charge in [0.2, 0.25) is 5.91 Å². The quantitative estimate of drug-likeness (QED) is 0.863. The first-order valence-electron chi connectivity index (χ1n) is 7.88. The predicted molar refractivity (Wildman–Crippen MR) is 82.3 cm³/mol. The Morgan fingerprint density at radius 1 is 1.30 bits per heavy atom. The number of rotatable bonds is 3. The van der Waals surface area contributed by atoms with Gasteiger partial charge in [-0.2, -0.15) is 12.7 Å². The van der Waals surface area contributed by atoms with E-state index in [0.29, 0.717) is 32.5 Å². The minimum Gasteiger partial charge on any atom is -0.359 e. The van der Waals surface area contributed by atoms with E-state index in [1.54, 1.807) is 0 Å². The van der Waals surface area contributed by atoms with Crippen molar-refractivity contribution in [1.29, 1.82) is 0 Å². The maximum atomic E-state index is 12.8. The summed E-state index contributed by atoms with van der Waals surface area (Å²) < 4.78 is 29.3. The number of hydrogen-bond donors (Lipinski definition) is 1. The molecule has 2 aliphatic rings. The number of carbonyl (C=O) groups is 1. The number of aryl methyl sites for hydroxylation is 1. The van der Waals surface area contributed by atoms with Crippen LogP contribution in [0.2, 0.25) is 0 Å². The third kappa shape index (κ3) is 3.41. The van der Waals surface area contributed by atoms with Crippen molar-refractivity contribution in [3.05, 3.63) is 17.5 Å². The van der Waals surface area contributed by atoms with Crippen molar-refractivity contribution in [2.45, 2.75) is 38.6 Å². The van der Waals surface area contributed by atoms with Crippen molar-refractivity contribution < 1.29 is 17.7 Å². The van der Waals surface area contributed by atoms with Crippen molar-refractivity contribution in [2.24, 2.45) is 11.1 Å². The summed E-state index contributed by atoms with van der Waals surface area (Å²) in [7, 11) is -3.66. The van der Waals surface area contributed by atoms with Crippen LogP contribution in [-0.4, -0.2) is 48.3 Å². The van der Waals surface area contributed by atoms with Crippen LogP contribution in [0.5, 0.6) is 0 Å². The van der Waals surface area contributed by atoms with Gasteiger partial charge < -0.3 is 9.42 Å². The second-order valence-electron chi connectivity index (χ2n) is 6.28. The van der Waals surface area contributed by atoms with E-state index in [2.05, 4.69) is 5.16 Å². The van der Waals surface area contributed by atoms with Gasteiger partial charge in [-0.25, -0.2) is 5.14 Å². The topological polar surface area (TPSA) is 110 Å². The fourth-order valence-electron chi connectivity index (χ4n) is 3.46. The van der Waals surface area contributed by atoms with Gasteiger partial charge in [0.15, 0.2) is 5.76 Å². The highest BCUT2D eigenvalue weighted by molar-refractivity contribution is 7.86. The molecule has 2 aliphatic heterocycles. The molecule has 1 amide bonds. The van der Waals surface area contributed by atoms with Gasteiger partial charge in [-0.05, 0) is 32.6 Å². The molecule has 23 heavy (non-hydrogen) atoms. The lowest BCUT2D eigenvalue weighted by atomic mass is 9.96. The van der Waals surface area contributed by atoms with Crippen LogP contribution >= 0.6 is 0 Å². The minimum absolute atomic E-state index is 0.0556. The SMILES string of the molecule is Cc1cc(C2CCCN2C(=O)C2CCN(S(N)(=O)=O)CC2)on1. The van der Waals surface area contributed by atoms with E-state index >= 15 is 0 Å². The number of piperidine rings is 1. The van der Waals surface area contributed by atoms with Crippen LogP contribution in [0.15, 0.2) is 10.6 Å². The number of likely N-dealkylation sites (tertiary alicyclic amines) is 1. The molecule has 0 radical (unpaired) electrons. The number of aromatic nitrogens is 1. The Labute approximate surface area is 135 Å². The largest absolute Gasteiger partial charge is 0.359 e. The highest BCUT2D eigenvalue weighted by atomic mass is 32.2. The van der Waals surface area contributed by atoms with E-state index in [9.17, 15) is 13.2 Å². The fourth-order valence-corrected chi connectivity index (χ4v) is 4.18. The van der Waals surface area contributed by atoms with Gasteiger partial charge in [-0.3, -0.25) is 4.79 Å². The molecule has 2 fully saturated rings. The molecule has 1 unspecified atom stereocenters. The fraction of sp³-hybridized carbons (Fsp3) is 0.714. The van der Waals surface area contributed by atoms with Gasteiger partial charge >= 0.3 is 0 Å². The van der Waals surface area contributed by atoms with Crippen LogP contribution in [0.4, 0.5) is 0 Å². The van der Waals surface area contributed by atoms with Crippen LogP contribution in [0.3, 0.4) is 0 Å². The van der Waals surface area contributed by atoms with Crippen LogP contribution < -0.4 is 5.14 Å². The van der Waals surface area contributed by atoms with Crippen molar-refractivity contribution >= 4 is 16.1 Å². The summed E-state index contributed by atoms with van der Waals surface area (Å²) in [5, 5.41) is 9.04. The normalized spacial score (nSPS) is 24.3.